The highest BCUT2D eigenvalue weighted by atomic mass is 16.5. The molecule has 0 heterocycles. The van der Waals surface area contributed by atoms with Crippen LogP contribution < -0.4 is 9.47 Å². The Morgan fingerprint density at radius 1 is 0.917 bits per heavy atom. The van der Waals surface area contributed by atoms with Gasteiger partial charge in [-0.25, -0.2) is 0 Å². The van der Waals surface area contributed by atoms with Crippen LogP contribution in [0.15, 0.2) is 12.1 Å². The summed E-state index contributed by atoms with van der Waals surface area (Å²) in [7, 11) is 3.35. The Balaban J connectivity index is 0.00000144. The molecule has 0 aliphatic heterocycles. The van der Waals surface area contributed by atoms with Gasteiger partial charge in [-0.05, 0) is 37.1 Å². The van der Waals surface area contributed by atoms with E-state index in [1.54, 1.807) is 14.2 Å². The summed E-state index contributed by atoms with van der Waals surface area (Å²) in [6.45, 7) is 4.00. The van der Waals surface area contributed by atoms with Gasteiger partial charge in [0.1, 0.15) is 11.5 Å². The Labute approximate surface area is 74.6 Å². The van der Waals surface area contributed by atoms with Crippen LogP contribution in [0.3, 0.4) is 0 Å². The molecule has 2 heteroatoms. The lowest BCUT2D eigenvalue weighted by molar-refractivity contribution is 0.398. The second kappa shape index (κ2) is 3.48. The quantitative estimate of drug-likeness (QED) is 0.675. The van der Waals surface area contributed by atoms with E-state index in [9.17, 15) is 0 Å². The van der Waals surface area contributed by atoms with Gasteiger partial charge in [-0.2, -0.15) is 0 Å². The molecule has 0 saturated carbocycles. The van der Waals surface area contributed by atoms with E-state index in [2.05, 4.69) is 0 Å². The van der Waals surface area contributed by atoms with E-state index >= 15 is 0 Å². The van der Waals surface area contributed by atoms with Gasteiger partial charge in [0.15, 0.2) is 0 Å². The molecule has 2 nitrogen and oxygen atoms in total. The van der Waals surface area contributed by atoms with E-state index in [1.807, 2.05) is 26.0 Å². The molecule has 0 atom stereocenters. The minimum atomic E-state index is 0. The molecule has 12 heavy (non-hydrogen) atoms. The number of rotatable bonds is 2. The van der Waals surface area contributed by atoms with Crippen LogP contribution in [-0.2, 0) is 0 Å². The van der Waals surface area contributed by atoms with E-state index in [0.717, 1.165) is 22.6 Å². The monoisotopic (exact) mass is 168 g/mol. The summed E-state index contributed by atoms with van der Waals surface area (Å²) >= 11 is 0. The van der Waals surface area contributed by atoms with Crippen molar-refractivity contribution < 1.29 is 10.9 Å². The SMILES string of the molecule is COc1cc(C)c(OC)cc1C.[2H-]. The molecule has 0 N–H and O–H groups in total. The van der Waals surface area contributed by atoms with E-state index in [4.69, 9.17) is 9.47 Å². The molecule has 0 aromatic heterocycles. The fourth-order valence-corrected chi connectivity index (χ4v) is 1.20. The highest BCUT2D eigenvalue weighted by Gasteiger charge is 2.03. The molecule has 0 saturated heterocycles. The first kappa shape index (κ1) is 8.91. The van der Waals surface area contributed by atoms with E-state index in [0.29, 0.717) is 0 Å². The van der Waals surface area contributed by atoms with Gasteiger partial charge in [-0.3, -0.25) is 0 Å². The smallest absolute Gasteiger partial charge is 0.122 e. The van der Waals surface area contributed by atoms with Crippen molar-refractivity contribution in [3.05, 3.63) is 23.3 Å². The average molecular weight is 168 g/mol. The van der Waals surface area contributed by atoms with Crippen molar-refractivity contribution in [3.8, 4) is 11.5 Å². The molecular weight excluding hydrogens is 152 g/mol. The Hall–Kier alpha value is -1.18. The van der Waals surface area contributed by atoms with Gasteiger partial charge in [0, 0.05) is 0 Å². The van der Waals surface area contributed by atoms with Crippen LogP contribution in [0.1, 0.15) is 12.6 Å². The van der Waals surface area contributed by atoms with Gasteiger partial charge < -0.3 is 10.9 Å². The molecule has 1 aromatic carbocycles. The minimum absolute atomic E-state index is 0. The molecule has 0 spiro atoms. The van der Waals surface area contributed by atoms with Crippen molar-refractivity contribution in [1.29, 1.82) is 0 Å². The highest BCUT2D eigenvalue weighted by Crippen LogP contribution is 2.26. The maximum atomic E-state index is 5.17. The molecule has 0 bridgehead atoms. The zero-order valence-corrected chi connectivity index (χ0v) is 7.97. The molecule has 0 radical (unpaired) electrons. The van der Waals surface area contributed by atoms with Gasteiger partial charge in [0.2, 0.25) is 0 Å². The fraction of sp³-hybridized carbons (Fsp3) is 0.400. The molecule has 0 aliphatic carbocycles. The van der Waals surface area contributed by atoms with Crippen LogP contribution in [0.25, 0.3) is 0 Å². The Morgan fingerprint density at radius 3 is 1.50 bits per heavy atom. The maximum absolute atomic E-state index is 5.17. The predicted molar refractivity (Wildman–Crippen MR) is 50.1 cm³/mol. The van der Waals surface area contributed by atoms with Gasteiger partial charge in [0.25, 0.3) is 0 Å². The van der Waals surface area contributed by atoms with Crippen LogP contribution in [-0.4, -0.2) is 14.2 Å². The van der Waals surface area contributed by atoms with Crippen molar-refractivity contribution in [3.63, 3.8) is 0 Å². The van der Waals surface area contributed by atoms with E-state index in [-0.39, 0.29) is 1.43 Å². The summed E-state index contributed by atoms with van der Waals surface area (Å²) < 4.78 is 10.3. The second-order valence-corrected chi connectivity index (χ2v) is 2.79. The molecule has 1 rings (SSSR count). The largest absolute Gasteiger partial charge is 1.00 e. The third-order valence-corrected chi connectivity index (χ3v) is 1.91. The predicted octanol–water partition coefficient (Wildman–Crippen LogP) is 2.43. The zero-order chi connectivity index (χ0) is 9.14. The topological polar surface area (TPSA) is 18.5 Å². The first-order chi connectivity index (χ1) is 5.69. The summed E-state index contributed by atoms with van der Waals surface area (Å²) in [5.74, 6) is 1.82. The molecule has 0 amide bonds. The maximum Gasteiger partial charge on any atom is 0.122 e. The lowest BCUT2D eigenvalue weighted by atomic mass is 10.1. The molecule has 0 unspecified atom stereocenters. The molecule has 1 aromatic rings. The second-order valence-electron chi connectivity index (χ2n) is 2.79. The number of benzene rings is 1. The van der Waals surface area contributed by atoms with Crippen LogP contribution in [0.4, 0.5) is 0 Å². The van der Waals surface area contributed by atoms with Crippen molar-refractivity contribution in [2.24, 2.45) is 0 Å². The normalized spacial score (nSPS) is 9.67. The van der Waals surface area contributed by atoms with E-state index in [1.165, 1.54) is 0 Å². The first-order valence-corrected chi connectivity index (χ1v) is 3.88. The molecular formula is C10H15O2-. The molecule has 0 aliphatic rings. The summed E-state index contributed by atoms with van der Waals surface area (Å²) in [6.07, 6.45) is 0. The van der Waals surface area contributed by atoms with Crippen LogP contribution in [0.2, 0.25) is 0 Å². The van der Waals surface area contributed by atoms with Crippen molar-refractivity contribution >= 4 is 0 Å². The summed E-state index contributed by atoms with van der Waals surface area (Å²) in [5, 5.41) is 0. The minimum Gasteiger partial charge on any atom is -1.00 e. The lowest BCUT2D eigenvalue weighted by Gasteiger charge is -2.09. The van der Waals surface area contributed by atoms with Crippen molar-refractivity contribution in [2.45, 2.75) is 13.8 Å². The zero-order valence-electron chi connectivity index (χ0n) is 8.97. The Bertz CT molecular complexity index is 255. The van der Waals surface area contributed by atoms with Crippen LogP contribution in [0, 0.1) is 13.8 Å². The number of methoxy groups -OCH3 is 2. The van der Waals surface area contributed by atoms with Crippen molar-refractivity contribution in [2.75, 3.05) is 14.2 Å². The van der Waals surface area contributed by atoms with Crippen LogP contribution >= 0.6 is 0 Å². The fourth-order valence-electron chi connectivity index (χ4n) is 1.20. The molecule has 68 valence electrons. The van der Waals surface area contributed by atoms with Gasteiger partial charge in [-0.1, -0.05) is 0 Å². The first-order valence-electron chi connectivity index (χ1n) is 3.88. The number of ether oxygens (including phenoxy) is 2. The Morgan fingerprint density at radius 2 is 1.25 bits per heavy atom. The lowest BCUT2D eigenvalue weighted by Crippen LogP contribution is -1.92. The third-order valence-electron chi connectivity index (χ3n) is 1.91. The van der Waals surface area contributed by atoms with Crippen LogP contribution in [0.5, 0.6) is 11.5 Å². The standard InChI is InChI=1S/C10H14O2.H/c1-7-5-10(12-4)8(2)6-9(7)11-3;/h5-6H,1-4H3;/q;-1/i;1+1. The summed E-state index contributed by atoms with van der Waals surface area (Å²) in [4.78, 5) is 0. The highest BCUT2D eigenvalue weighted by molar-refractivity contribution is 5.45. The third kappa shape index (κ3) is 1.52. The number of hydrogen-bond donors (Lipinski definition) is 0. The number of aryl methyl sites for hydroxylation is 2. The van der Waals surface area contributed by atoms with Gasteiger partial charge in [0.05, 0.1) is 14.2 Å². The Kier molecular flexibility index (Phi) is 2.58. The molecule has 0 fully saturated rings. The van der Waals surface area contributed by atoms with Gasteiger partial charge in [-0.15, -0.1) is 0 Å². The van der Waals surface area contributed by atoms with E-state index < -0.39 is 0 Å². The van der Waals surface area contributed by atoms with Gasteiger partial charge >= 0.3 is 0 Å². The van der Waals surface area contributed by atoms with Crippen molar-refractivity contribution in [1.82, 2.24) is 0 Å². The summed E-state index contributed by atoms with van der Waals surface area (Å²) in [5.41, 5.74) is 2.19. The number of hydrogen-bond acceptors (Lipinski definition) is 2. The average Bonchev–Trinajstić information content (AvgIpc) is 2.08. The summed E-state index contributed by atoms with van der Waals surface area (Å²) in [6, 6.07) is 3.96.